The summed E-state index contributed by atoms with van der Waals surface area (Å²) in [6.07, 6.45) is 5.33. The molecule has 114 valence electrons. The second-order valence-electron chi connectivity index (χ2n) is 5.59. The van der Waals surface area contributed by atoms with Crippen molar-refractivity contribution in [2.24, 2.45) is 5.92 Å². The lowest BCUT2D eigenvalue weighted by Gasteiger charge is -2.11. The van der Waals surface area contributed by atoms with Gasteiger partial charge in [-0.1, -0.05) is 19.8 Å². The maximum atomic E-state index is 12.3. The number of nitrogens with zero attached hydrogens (tertiary/aromatic N) is 1. The van der Waals surface area contributed by atoms with Crippen molar-refractivity contribution in [3.05, 3.63) is 24.1 Å². The smallest absolute Gasteiger partial charge is 0.240 e. The molecule has 0 aliphatic heterocycles. The first-order valence-corrected chi connectivity index (χ1v) is 8.96. The third kappa shape index (κ3) is 3.11. The molecule has 1 aromatic carbocycles. The molecule has 0 bridgehead atoms. The van der Waals surface area contributed by atoms with Crippen LogP contribution >= 0.6 is 0 Å². The molecule has 0 spiro atoms. The van der Waals surface area contributed by atoms with Gasteiger partial charge in [-0.25, -0.2) is 18.1 Å². The summed E-state index contributed by atoms with van der Waals surface area (Å²) in [6.45, 7) is 2.48. The van der Waals surface area contributed by atoms with Crippen LogP contribution in [0.4, 0.5) is 0 Å². The summed E-state index contributed by atoms with van der Waals surface area (Å²) in [5.41, 5.74) is 1.22. The lowest BCUT2D eigenvalue weighted by molar-refractivity contribution is 0.519. The largest absolute Gasteiger partial charge is 0.441 e. The highest BCUT2D eigenvalue weighted by molar-refractivity contribution is 7.89. The summed E-state index contributed by atoms with van der Waals surface area (Å²) >= 11 is 0. The van der Waals surface area contributed by atoms with E-state index in [-0.39, 0.29) is 4.90 Å². The highest BCUT2D eigenvalue weighted by atomic mass is 32.2. The van der Waals surface area contributed by atoms with Crippen molar-refractivity contribution in [3.63, 3.8) is 0 Å². The lowest BCUT2D eigenvalue weighted by Crippen LogP contribution is -2.28. The molecule has 0 unspecified atom stereocenters. The summed E-state index contributed by atoms with van der Waals surface area (Å²) in [4.78, 5) is 4.54. The fourth-order valence-electron chi connectivity index (χ4n) is 2.80. The van der Waals surface area contributed by atoms with E-state index in [4.69, 9.17) is 4.42 Å². The van der Waals surface area contributed by atoms with Gasteiger partial charge < -0.3 is 4.42 Å². The van der Waals surface area contributed by atoms with Gasteiger partial charge in [-0.3, -0.25) is 0 Å². The summed E-state index contributed by atoms with van der Waals surface area (Å²) in [5, 5.41) is 0. The molecule has 1 heterocycles. The van der Waals surface area contributed by atoms with Gasteiger partial charge in [-0.2, -0.15) is 0 Å². The van der Waals surface area contributed by atoms with Gasteiger partial charge in [0.1, 0.15) is 5.52 Å². The third-order valence-electron chi connectivity index (χ3n) is 4.05. The highest BCUT2D eigenvalue weighted by Gasteiger charge is 2.20. The van der Waals surface area contributed by atoms with Crippen LogP contribution in [0.15, 0.2) is 27.5 Å². The number of nitrogens with one attached hydrogen (secondary N) is 1. The van der Waals surface area contributed by atoms with Gasteiger partial charge in [-0.15, -0.1) is 0 Å². The van der Waals surface area contributed by atoms with Crippen LogP contribution in [-0.2, 0) is 16.4 Å². The van der Waals surface area contributed by atoms with Crippen molar-refractivity contribution in [3.8, 4) is 0 Å². The number of rotatable bonds is 5. The molecule has 0 radical (unpaired) electrons. The predicted molar refractivity (Wildman–Crippen MR) is 80.5 cm³/mol. The monoisotopic (exact) mass is 308 g/mol. The number of aryl methyl sites for hydroxylation is 1. The van der Waals surface area contributed by atoms with Gasteiger partial charge in [-0.05, 0) is 37.0 Å². The Morgan fingerprint density at radius 3 is 2.81 bits per heavy atom. The molecule has 5 nitrogen and oxygen atoms in total. The molecule has 0 amide bonds. The molecule has 1 N–H and O–H groups in total. The molecule has 0 atom stereocenters. The molecular weight excluding hydrogens is 288 g/mol. The Kier molecular flexibility index (Phi) is 3.99. The van der Waals surface area contributed by atoms with Crippen molar-refractivity contribution in [2.75, 3.05) is 6.54 Å². The molecule has 1 aromatic heterocycles. The van der Waals surface area contributed by atoms with E-state index in [0.717, 1.165) is 12.8 Å². The molecule has 2 aromatic rings. The second kappa shape index (κ2) is 5.77. The molecule has 1 aliphatic carbocycles. The second-order valence-corrected chi connectivity index (χ2v) is 7.36. The Labute approximate surface area is 124 Å². The molecule has 0 saturated heterocycles. The van der Waals surface area contributed by atoms with Crippen LogP contribution in [0.2, 0.25) is 0 Å². The van der Waals surface area contributed by atoms with Crippen molar-refractivity contribution >= 4 is 21.1 Å². The van der Waals surface area contributed by atoms with Gasteiger partial charge in [0, 0.05) is 13.0 Å². The Morgan fingerprint density at radius 1 is 1.33 bits per heavy atom. The van der Waals surface area contributed by atoms with Crippen LogP contribution in [-0.4, -0.2) is 19.9 Å². The minimum atomic E-state index is -3.47. The fraction of sp³-hybridized carbons (Fsp3) is 0.533. The van der Waals surface area contributed by atoms with E-state index < -0.39 is 10.0 Å². The number of oxazole rings is 1. The average molecular weight is 308 g/mol. The van der Waals surface area contributed by atoms with Crippen LogP contribution in [0, 0.1) is 5.92 Å². The average Bonchev–Trinajstić information content (AvgIpc) is 3.13. The first-order valence-electron chi connectivity index (χ1n) is 7.47. The van der Waals surface area contributed by atoms with E-state index in [1.54, 1.807) is 18.2 Å². The third-order valence-corrected chi connectivity index (χ3v) is 5.47. The Morgan fingerprint density at radius 2 is 2.10 bits per heavy atom. The number of sulfonamides is 1. The molecule has 6 heteroatoms. The van der Waals surface area contributed by atoms with Crippen LogP contribution in [0.25, 0.3) is 11.1 Å². The zero-order valence-corrected chi connectivity index (χ0v) is 12.9. The minimum Gasteiger partial charge on any atom is -0.441 e. The zero-order chi connectivity index (χ0) is 14.9. The van der Waals surface area contributed by atoms with E-state index in [1.165, 1.54) is 12.8 Å². The minimum absolute atomic E-state index is 0.254. The number of hydrogen-bond acceptors (Lipinski definition) is 4. The topological polar surface area (TPSA) is 72.2 Å². The van der Waals surface area contributed by atoms with E-state index in [2.05, 4.69) is 9.71 Å². The van der Waals surface area contributed by atoms with E-state index in [9.17, 15) is 8.42 Å². The van der Waals surface area contributed by atoms with Crippen LogP contribution in [0.3, 0.4) is 0 Å². The van der Waals surface area contributed by atoms with Crippen molar-refractivity contribution in [1.82, 2.24) is 9.71 Å². The van der Waals surface area contributed by atoms with Gasteiger partial charge >= 0.3 is 0 Å². The normalized spacial score (nSPS) is 16.8. The first kappa shape index (κ1) is 14.5. The van der Waals surface area contributed by atoms with Gasteiger partial charge in [0.05, 0.1) is 4.90 Å². The van der Waals surface area contributed by atoms with Gasteiger partial charge in [0.25, 0.3) is 0 Å². The number of benzene rings is 1. The summed E-state index contributed by atoms with van der Waals surface area (Å²) in [5.74, 6) is 1.10. The maximum Gasteiger partial charge on any atom is 0.240 e. The zero-order valence-electron chi connectivity index (χ0n) is 12.1. The fourth-order valence-corrected chi connectivity index (χ4v) is 3.93. The van der Waals surface area contributed by atoms with Crippen molar-refractivity contribution in [1.29, 1.82) is 0 Å². The standard InChI is InChI=1S/C15H20N2O3S/c1-2-15-17-13-9-12(7-8-14(13)20-15)21(18,19)16-10-11-5-3-4-6-11/h7-9,11,16H,2-6,10H2,1H3. The quantitative estimate of drug-likeness (QED) is 0.922. The highest BCUT2D eigenvalue weighted by Crippen LogP contribution is 2.25. The molecule has 3 rings (SSSR count). The molecule has 21 heavy (non-hydrogen) atoms. The molecular formula is C15H20N2O3S. The lowest BCUT2D eigenvalue weighted by atomic mass is 10.1. The van der Waals surface area contributed by atoms with Crippen LogP contribution < -0.4 is 4.72 Å². The van der Waals surface area contributed by atoms with Crippen molar-refractivity contribution in [2.45, 2.75) is 43.9 Å². The Bertz CT molecular complexity index is 730. The Hall–Kier alpha value is -1.40. The summed E-state index contributed by atoms with van der Waals surface area (Å²) < 4.78 is 32.9. The van der Waals surface area contributed by atoms with Crippen LogP contribution in [0.1, 0.15) is 38.5 Å². The Balaban J connectivity index is 1.80. The van der Waals surface area contributed by atoms with Crippen molar-refractivity contribution < 1.29 is 12.8 Å². The summed E-state index contributed by atoms with van der Waals surface area (Å²) in [7, 11) is -3.47. The molecule has 1 aliphatic rings. The van der Waals surface area contributed by atoms with Gasteiger partial charge in [0.15, 0.2) is 11.5 Å². The van der Waals surface area contributed by atoms with E-state index in [1.807, 2.05) is 6.92 Å². The maximum absolute atomic E-state index is 12.3. The first-order chi connectivity index (χ1) is 10.1. The number of hydrogen-bond donors (Lipinski definition) is 1. The molecule has 1 fully saturated rings. The number of aromatic nitrogens is 1. The number of fused-ring (bicyclic) bond motifs is 1. The summed E-state index contributed by atoms with van der Waals surface area (Å²) in [6, 6.07) is 4.82. The SMILES string of the molecule is CCc1nc2cc(S(=O)(=O)NCC3CCCC3)ccc2o1. The van der Waals surface area contributed by atoms with E-state index >= 15 is 0 Å². The van der Waals surface area contributed by atoms with E-state index in [0.29, 0.717) is 35.9 Å². The predicted octanol–water partition coefficient (Wildman–Crippen LogP) is 2.86. The van der Waals surface area contributed by atoms with Gasteiger partial charge in [0.2, 0.25) is 10.0 Å². The molecule has 1 saturated carbocycles. The van der Waals surface area contributed by atoms with Crippen LogP contribution in [0.5, 0.6) is 0 Å².